The third-order valence-corrected chi connectivity index (χ3v) is 4.41. The highest BCUT2D eigenvalue weighted by atomic mass is 16.6. The number of carbonyl (C=O) groups is 3. The summed E-state index contributed by atoms with van der Waals surface area (Å²) in [4.78, 5) is 39.3. The molecule has 9 heteroatoms. The molecule has 1 fully saturated rings. The molecule has 0 atom stereocenters. The summed E-state index contributed by atoms with van der Waals surface area (Å²) in [7, 11) is 3.07. The summed E-state index contributed by atoms with van der Waals surface area (Å²) in [6.07, 6.45) is -0.234. The van der Waals surface area contributed by atoms with Crippen LogP contribution in [0.25, 0.3) is 0 Å². The van der Waals surface area contributed by atoms with Gasteiger partial charge < -0.3 is 29.3 Å². The molecule has 1 aliphatic rings. The fourth-order valence-electron chi connectivity index (χ4n) is 2.88. The minimum atomic E-state index is -0.363. The molecule has 1 saturated heterocycles. The van der Waals surface area contributed by atoms with E-state index in [1.807, 2.05) is 0 Å². The minimum Gasteiger partial charge on any atom is -0.493 e. The van der Waals surface area contributed by atoms with Crippen LogP contribution in [0.1, 0.15) is 12.5 Å². The first-order valence-corrected chi connectivity index (χ1v) is 9.15. The Bertz CT molecular complexity index is 701. The van der Waals surface area contributed by atoms with Crippen molar-refractivity contribution in [2.45, 2.75) is 13.3 Å². The van der Waals surface area contributed by atoms with Gasteiger partial charge in [-0.15, -0.1) is 0 Å². The predicted molar refractivity (Wildman–Crippen MR) is 101 cm³/mol. The summed E-state index contributed by atoms with van der Waals surface area (Å²) >= 11 is 0. The van der Waals surface area contributed by atoms with Crippen LogP contribution < -0.4 is 14.8 Å². The second kappa shape index (κ2) is 10.4. The van der Waals surface area contributed by atoms with Crippen LogP contribution in [-0.2, 0) is 20.7 Å². The Morgan fingerprint density at radius 3 is 2.25 bits per heavy atom. The van der Waals surface area contributed by atoms with Gasteiger partial charge >= 0.3 is 6.09 Å². The van der Waals surface area contributed by atoms with Crippen molar-refractivity contribution in [3.05, 3.63) is 23.8 Å². The molecule has 0 aromatic heterocycles. The fraction of sp³-hybridized carbons (Fsp3) is 0.526. The van der Waals surface area contributed by atoms with Crippen LogP contribution in [0.15, 0.2) is 18.2 Å². The summed E-state index contributed by atoms with van der Waals surface area (Å²) in [5.74, 6) is 0.696. The molecule has 1 heterocycles. The molecule has 1 N–H and O–H groups in total. The van der Waals surface area contributed by atoms with Crippen molar-refractivity contribution >= 4 is 17.9 Å². The van der Waals surface area contributed by atoms with Gasteiger partial charge in [-0.25, -0.2) is 4.79 Å². The Hall–Kier alpha value is -2.97. The number of nitrogens with one attached hydrogen (secondary N) is 1. The lowest BCUT2D eigenvalue weighted by Gasteiger charge is -2.34. The van der Waals surface area contributed by atoms with E-state index in [2.05, 4.69) is 5.32 Å². The number of ether oxygens (including phenoxy) is 3. The maximum absolute atomic E-state index is 12.3. The molecule has 0 bridgehead atoms. The third-order valence-electron chi connectivity index (χ3n) is 4.41. The highest BCUT2D eigenvalue weighted by Crippen LogP contribution is 2.27. The lowest BCUT2D eigenvalue weighted by molar-refractivity contribution is -0.134. The molecular formula is C19H27N3O6. The lowest BCUT2D eigenvalue weighted by atomic mass is 10.1. The van der Waals surface area contributed by atoms with E-state index in [1.165, 1.54) is 7.11 Å². The SMILES string of the molecule is CCOC(=O)N1CCN(C(=O)CNC(=O)Cc2ccc(OC)c(OC)c2)CC1. The normalized spacial score (nSPS) is 13.7. The van der Waals surface area contributed by atoms with Crippen LogP contribution in [0.5, 0.6) is 11.5 Å². The van der Waals surface area contributed by atoms with Crippen molar-refractivity contribution in [3.63, 3.8) is 0 Å². The molecular weight excluding hydrogens is 366 g/mol. The first-order chi connectivity index (χ1) is 13.5. The fourth-order valence-corrected chi connectivity index (χ4v) is 2.88. The second-order valence-electron chi connectivity index (χ2n) is 6.21. The first-order valence-electron chi connectivity index (χ1n) is 9.15. The molecule has 1 aromatic rings. The van der Waals surface area contributed by atoms with Crippen LogP contribution in [-0.4, -0.2) is 81.3 Å². The van der Waals surface area contributed by atoms with E-state index in [1.54, 1.807) is 42.0 Å². The van der Waals surface area contributed by atoms with Gasteiger partial charge in [-0.3, -0.25) is 9.59 Å². The zero-order chi connectivity index (χ0) is 20.5. The quantitative estimate of drug-likeness (QED) is 0.731. The maximum atomic E-state index is 12.3. The molecule has 0 radical (unpaired) electrons. The topological polar surface area (TPSA) is 97.4 Å². The van der Waals surface area contributed by atoms with E-state index in [9.17, 15) is 14.4 Å². The smallest absolute Gasteiger partial charge is 0.409 e. The minimum absolute atomic E-state index is 0.0778. The molecule has 1 aliphatic heterocycles. The Balaban J connectivity index is 1.77. The molecule has 28 heavy (non-hydrogen) atoms. The van der Waals surface area contributed by atoms with Crippen LogP contribution in [0.3, 0.4) is 0 Å². The molecule has 0 saturated carbocycles. The number of rotatable bonds is 7. The van der Waals surface area contributed by atoms with Crippen molar-refractivity contribution in [2.24, 2.45) is 0 Å². The van der Waals surface area contributed by atoms with Gasteiger partial charge in [0.15, 0.2) is 11.5 Å². The number of piperazine rings is 1. The lowest BCUT2D eigenvalue weighted by Crippen LogP contribution is -2.52. The van der Waals surface area contributed by atoms with Gasteiger partial charge in [0.1, 0.15) is 0 Å². The molecule has 0 spiro atoms. The number of methoxy groups -OCH3 is 2. The van der Waals surface area contributed by atoms with Crippen molar-refractivity contribution in [3.8, 4) is 11.5 Å². The van der Waals surface area contributed by atoms with E-state index in [4.69, 9.17) is 14.2 Å². The van der Waals surface area contributed by atoms with Crippen molar-refractivity contribution in [1.29, 1.82) is 0 Å². The monoisotopic (exact) mass is 393 g/mol. The Morgan fingerprint density at radius 1 is 1.00 bits per heavy atom. The molecule has 0 unspecified atom stereocenters. The Kier molecular flexibility index (Phi) is 7.91. The predicted octanol–water partition coefficient (Wildman–Crippen LogP) is 0.663. The van der Waals surface area contributed by atoms with Crippen LogP contribution in [0.2, 0.25) is 0 Å². The van der Waals surface area contributed by atoms with Gasteiger partial charge in [0.25, 0.3) is 0 Å². The zero-order valence-electron chi connectivity index (χ0n) is 16.5. The number of hydrogen-bond acceptors (Lipinski definition) is 6. The number of benzene rings is 1. The Morgan fingerprint density at radius 2 is 1.64 bits per heavy atom. The molecule has 1 aromatic carbocycles. The van der Waals surface area contributed by atoms with Gasteiger partial charge in [-0.1, -0.05) is 6.07 Å². The standard InChI is InChI=1S/C19H27N3O6/c1-4-28-19(25)22-9-7-21(8-10-22)18(24)13-20-17(23)12-14-5-6-15(26-2)16(11-14)27-3/h5-6,11H,4,7-10,12-13H2,1-3H3,(H,20,23). The Labute approximate surface area is 164 Å². The van der Waals surface area contributed by atoms with Crippen molar-refractivity contribution < 1.29 is 28.6 Å². The average molecular weight is 393 g/mol. The van der Waals surface area contributed by atoms with Gasteiger partial charge in [0, 0.05) is 26.2 Å². The van der Waals surface area contributed by atoms with Gasteiger partial charge in [0.05, 0.1) is 33.8 Å². The summed E-state index contributed by atoms with van der Waals surface area (Å²) < 4.78 is 15.3. The molecule has 0 aliphatic carbocycles. The number of amides is 3. The van der Waals surface area contributed by atoms with E-state index in [-0.39, 0.29) is 30.9 Å². The first kappa shape index (κ1) is 21.3. The molecule has 2 rings (SSSR count). The summed E-state index contributed by atoms with van der Waals surface area (Å²) in [5, 5.41) is 2.64. The summed E-state index contributed by atoms with van der Waals surface area (Å²) in [5.41, 5.74) is 0.755. The molecule has 3 amide bonds. The largest absolute Gasteiger partial charge is 0.493 e. The van der Waals surface area contributed by atoms with Gasteiger partial charge in [0.2, 0.25) is 11.8 Å². The maximum Gasteiger partial charge on any atom is 0.409 e. The number of hydrogen-bond donors (Lipinski definition) is 1. The molecule has 154 valence electrons. The van der Waals surface area contributed by atoms with E-state index < -0.39 is 0 Å². The zero-order valence-corrected chi connectivity index (χ0v) is 16.5. The number of carbonyl (C=O) groups excluding carboxylic acids is 3. The van der Waals surface area contributed by atoms with Crippen molar-refractivity contribution in [2.75, 3.05) is 53.6 Å². The van der Waals surface area contributed by atoms with Crippen LogP contribution >= 0.6 is 0 Å². The second-order valence-corrected chi connectivity index (χ2v) is 6.21. The van der Waals surface area contributed by atoms with E-state index in [0.717, 1.165) is 5.56 Å². The van der Waals surface area contributed by atoms with Crippen LogP contribution in [0.4, 0.5) is 4.79 Å². The highest BCUT2D eigenvalue weighted by Gasteiger charge is 2.24. The number of nitrogens with zero attached hydrogens (tertiary/aromatic N) is 2. The highest BCUT2D eigenvalue weighted by molar-refractivity contribution is 5.86. The van der Waals surface area contributed by atoms with E-state index in [0.29, 0.717) is 44.3 Å². The summed E-state index contributed by atoms with van der Waals surface area (Å²) in [6, 6.07) is 5.24. The van der Waals surface area contributed by atoms with Gasteiger partial charge in [-0.05, 0) is 24.6 Å². The van der Waals surface area contributed by atoms with E-state index >= 15 is 0 Å². The third kappa shape index (κ3) is 5.77. The average Bonchev–Trinajstić information content (AvgIpc) is 2.72. The summed E-state index contributed by atoms with van der Waals surface area (Å²) in [6.45, 7) is 3.68. The van der Waals surface area contributed by atoms with Crippen LogP contribution in [0, 0.1) is 0 Å². The molecule has 9 nitrogen and oxygen atoms in total. The van der Waals surface area contributed by atoms with Gasteiger partial charge in [-0.2, -0.15) is 0 Å². The van der Waals surface area contributed by atoms with Crippen molar-refractivity contribution in [1.82, 2.24) is 15.1 Å².